The van der Waals surface area contributed by atoms with Gasteiger partial charge in [-0.2, -0.15) is 0 Å². The summed E-state index contributed by atoms with van der Waals surface area (Å²) in [5.41, 5.74) is -0.794. The molecule has 1 aromatic heterocycles. The zero-order valence-electron chi connectivity index (χ0n) is 11.0. The quantitative estimate of drug-likeness (QED) is 0.706. The molecule has 0 radical (unpaired) electrons. The molecule has 0 atom stereocenters. The average molecular weight is 282 g/mol. The molecule has 0 spiro atoms. The fourth-order valence-corrected chi connectivity index (χ4v) is 1.40. The number of nitrogens with one attached hydrogen (secondary N) is 1. The molecule has 0 aliphatic rings. The highest BCUT2D eigenvalue weighted by molar-refractivity contribution is 5.97. The number of hydrogen-bond acceptors (Lipinski definition) is 6. The largest absolute Gasteiger partial charge is 0.468 e. The van der Waals surface area contributed by atoms with Gasteiger partial charge < -0.3 is 19.4 Å². The molecule has 0 fully saturated rings. The number of amides is 1. The van der Waals surface area contributed by atoms with E-state index >= 15 is 0 Å². The van der Waals surface area contributed by atoms with Crippen LogP contribution >= 0.6 is 0 Å². The van der Waals surface area contributed by atoms with Crippen LogP contribution < -0.4 is 5.56 Å². The summed E-state index contributed by atoms with van der Waals surface area (Å²) in [5, 5.41) is 0. The van der Waals surface area contributed by atoms with E-state index < -0.39 is 36.5 Å². The Balaban J connectivity index is 3.00. The van der Waals surface area contributed by atoms with Gasteiger partial charge in [0, 0.05) is 6.20 Å². The van der Waals surface area contributed by atoms with Crippen LogP contribution in [-0.4, -0.2) is 55.0 Å². The first-order valence-corrected chi connectivity index (χ1v) is 5.60. The summed E-state index contributed by atoms with van der Waals surface area (Å²) in [5.74, 6) is -2.19. The Bertz CT molecular complexity index is 547. The van der Waals surface area contributed by atoms with Crippen molar-refractivity contribution in [2.24, 2.45) is 0 Å². The van der Waals surface area contributed by atoms with Gasteiger partial charge in [0.2, 0.25) is 0 Å². The molecule has 1 amide bonds. The standard InChI is InChI=1S/C12H14N2O6/c1-19-9(15)6-14(7-10(16)20-2)12(18)8-4-3-5-13-11(8)17/h3-5H,6-7H2,1-2H3,(H,13,17). The third-order valence-corrected chi connectivity index (χ3v) is 2.43. The van der Waals surface area contributed by atoms with E-state index in [-0.39, 0.29) is 5.56 Å². The summed E-state index contributed by atoms with van der Waals surface area (Å²) >= 11 is 0. The summed E-state index contributed by atoms with van der Waals surface area (Å²) in [6.07, 6.45) is 1.37. The highest BCUT2D eigenvalue weighted by Gasteiger charge is 2.23. The molecule has 20 heavy (non-hydrogen) atoms. The summed E-state index contributed by atoms with van der Waals surface area (Å²) in [4.78, 5) is 49.4. The lowest BCUT2D eigenvalue weighted by Crippen LogP contribution is -2.42. The Morgan fingerprint density at radius 2 is 1.70 bits per heavy atom. The van der Waals surface area contributed by atoms with E-state index in [1.165, 1.54) is 18.3 Å². The Hall–Kier alpha value is -2.64. The smallest absolute Gasteiger partial charge is 0.325 e. The van der Waals surface area contributed by atoms with Gasteiger partial charge in [-0.3, -0.25) is 19.2 Å². The highest BCUT2D eigenvalue weighted by Crippen LogP contribution is 2.01. The van der Waals surface area contributed by atoms with Crippen LogP contribution in [0.25, 0.3) is 0 Å². The lowest BCUT2D eigenvalue weighted by Gasteiger charge is -2.19. The van der Waals surface area contributed by atoms with Crippen molar-refractivity contribution in [1.82, 2.24) is 9.88 Å². The van der Waals surface area contributed by atoms with Gasteiger partial charge in [-0.1, -0.05) is 0 Å². The van der Waals surface area contributed by atoms with E-state index in [4.69, 9.17) is 0 Å². The van der Waals surface area contributed by atoms with E-state index in [1.807, 2.05) is 0 Å². The number of esters is 2. The maximum Gasteiger partial charge on any atom is 0.325 e. The second kappa shape index (κ2) is 7.07. The minimum atomic E-state index is -0.761. The molecule has 108 valence electrons. The normalized spacial score (nSPS) is 9.70. The zero-order chi connectivity index (χ0) is 15.1. The first-order chi connectivity index (χ1) is 9.49. The van der Waals surface area contributed by atoms with Crippen LogP contribution in [0.3, 0.4) is 0 Å². The fourth-order valence-electron chi connectivity index (χ4n) is 1.40. The predicted octanol–water partition coefficient (Wildman–Crippen LogP) is -0.837. The summed E-state index contributed by atoms with van der Waals surface area (Å²) < 4.78 is 8.88. The summed E-state index contributed by atoms with van der Waals surface area (Å²) in [6.45, 7) is -0.919. The van der Waals surface area contributed by atoms with Crippen LogP contribution in [0.1, 0.15) is 10.4 Å². The van der Waals surface area contributed by atoms with E-state index in [1.54, 1.807) is 0 Å². The Kier molecular flexibility index (Phi) is 5.45. The molecule has 0 saturated heterocycles. The van der Waals surface area contributed by atoms with Crippen LogP contribution in [0.2, 0.25) is 0 Å². The van der Waals surface area contributed by atoms with Gasteiger partial charge in [0.25, 0.3) is 11.5 Å². The Labute approximate surface area is 114 Å². The Morgan fingerprint density at radius 1 is 1.15 bits per heavy atom. The van der Waals surface area contributed by atoms with Crippen LogP contribution in [0.4, 0.5) is 0 Å². The van der Waals surface area contributed by atoms with Crippen LogP contribution in [0.5, 0.6) is 0 Å². The number of nitrogens with zero attached hydrogens (tertiary/aromatic N) is 1. The maximum atomic E-state index is 12.2. The first-order valence-electron chi connectivity index (χ1n) is 5.60. The number of aromatic nitrogens is 1. The molecule has 0 aliphatic carbocycles. The number of carbonyl (C=O) groups is 3. The van der Waals surface area contributed by atoms with Crippen molar-refractivity contribution in [3.63, 3.8) is 0 Å². The summed E-state index contributed by atoms with van der Waals surface area (Å²) in [7, 11) is 2.30. The van der Waals surface area contributed by atoms with Gasteiger partial charge >= 0.3 is 11.9 Å². The van der Waals surface area contributed by atoms with Crippen molar-refractivity contribution < 1.29 is 23.9 Å². The van der Waals surface area contributed by atoms with Crippen LogP contribution in [0, 0.1) is 0 Å². The molecule has 0 bridgehead atoms. The number of ether oxygens (including phenoxy) is 2. The highest BCUT2D eigenvalue weighted by atomic mass is 16.5. The van der Waals surface area contributed by atoms with Crippen molar-refractivity contribution in [2.75, 3.05) is 27.3 Å². The number of hydrogen-bond donors (Lipinski definition) is 1. The molecule has 0 saturated carbocycles. The first kappa shape index (κ1) is 15.4. The number of methoxy groups -OCH3 is 2. The van der Waals surface area contributed by atoms with Crippen LogP contribution in [0.15, 0.2) is 23.1 Å². The van der Waals surface area contributed by atoms with Gasteiger partial charge in [-0.25, -0.2) is 0 Å². The van der Waals surface area contributed by atoms with Gasteiger partial charge in [0.1, 0.15) is 18.7 Å². The molecule has 0 aliphatic heterocycles. The van der Waals surface area contributed by atoms with Crippen molar-refractivity contribution in [3.8, 4) is 0 Å². The maximum absolute atomic E-state index is 12.2. The molecule has 1 aromatic rings. The second-order valence-corrected chi connectivity index (χ2v) is 3.73. The number of H-pyrrole nitrogens is 1. The number of aromatic amines is 1. The monoisotopic (exact) mass is 282 g/mol. The molecule has 0 unspecified atom stereocenters. The van der Waals surface area contributed by atoms with Gasteiger partial charge in [0.05, 0.1) is 14.2 Å². The molecule has 1 rings (SSSR count). The number of rotatable bonds is 5. The fraction of sp³-hybridized carbons (Fsp3) is 0.333. The topological polar surface area (TPSA) is 106 Å². The van der Waals surface area contributed by atoms with Crippen molar-refractivity contribution in [3.05, 3.63) is 34.2 Å². The molecule has 1 N–H and O–H groups in total. The minimum Gasteiger partial charge on any atom is -0.468 e. The van der Waals surface area contributed by atoms with E-state index in [0.717, 1.165) is 19.1 Å². The van der Waals surface area contributed by atoms with Gasteiger partial charge in [-0.05, 0) is 12.1 Å². The van der Waals surface area contributed by atoms with E-state index in [0.29, 0.717) is 0 Å². The Morgan fingerprint density at radius 3 is 2.15 bits per heavy atom. The van der Waals surface area contributed by atoms with Crippen LogP contribution in [-0.2, 0) is 19.1 Å². The SMILES string of the molecule is COC(=O)CN(CC(=O)OC)C(=O)c1ccc[nH]c1=O. The molecule has 8 heteroatoms. The average Bonchev–Trinajstić information content (AvgIpc) is 2.45. The van der Waals surface area contributed by atoms with Crippen molar-refractivity contribution in [1.29, 1.82) is 0 Å². The minimum absolute atomic E-state index is 0.180. The zero-order valence-corrected chi connectivity index (χ0v) is 11.0. The third kappa shape index (κ3) is 3.94. The molecule has 0 aromatic carbocycles. The van der Waals surface area contributed by atoms with Crippen molar-refractivity contribution >= 4 is 17.8 Å². The van der Waals surface area contributed by atoms with E-state index in [9.17, 15) is 19.2 Å². The summed E-state index contributed by atoms with van der Waals surface area (Å²) in [6, 6.07) is 2.76. The van der Waals surface area contributed by atoms with E-state index in [2.05, 4.69) is 14.5 Å². The lowest BCUT2D eigenvalue weighted by molar-refractivity contribution is -0.144. The van der Waals surface area contributed by atoms with Gasteiger partial charge in [-0.15, -0.1) is 0 Å². The predicted molar refractivity (Wildman–Crippen MR) is 67.0 cm³/mol. The molecule has 1 heterocycles. The van der Waals surface area contributed by atoms with Crippen molar-refractivity contribution in [2.45, 2.75) is 0 Å². The third-order valence-electron chi connectivity index (χ3n) is 2.43. The lowest BCUT2D eigenvalue weighted by atomic mass is 10.2. The number of carbonyl (C=O) groups excluding carboxylic acids is 3. The number of pyridine rings is 1. The molecule has 8 nitrogen and oxygen atoms in total. The molecular weight excluding hydrogens is 268 g/mol. The van der Waals surface area contributed by atoms with Gasteiger partial charge in [0.15, 0.2) is 0 Å². The molecular formula is C12H14N2O6. The second-order valence-electron chi connectivity index (χ2n) is 3.73.